The van der Waals surface area contributed by atoms with Crippen LogP contribution in [0.5, 0.6) is 5.75 Å². The fraction of sp³-hybridized carbons (Fsp3) is 0.130. The van der Waals surface area contributed by atoms with Gasteiger partial charge in [0.25, 0.3) is 5.91 Å². The van der Waals surface area contributed by atoms with Crippen LogP contribution >= 0.6 is 0 Å². The highest BCUT2D eigenvalue weighted by Crippen LogP contribution is 2.18. The standard InChI is InChI=1S/C23H23N3O4S/c1-26(31(2,28)29)21-14-12-19(13-15-21)23(27)25-24-16-20-10-6-7-11-22(20)30-17-18-8-4-3-5-9-18/h3-16H,17H2,1-2H3,(H,25,27)/b24-16-. The summed E-state index contributed by atoms with van der Waals surface area (Å²) in [7, 11) is -1.91. The molecule has 0 radical (unpaired) electrons. The summed E-state index contributed by atoms with van der Waals surface area (Å²) in [6.07, 6.45) is 2.63. The van der Waals surface area contributed by atoms with E-state index in [0.717, 1.165) is 21.7 Å². The maximum absolute atomic E-state index is 12.3. The van der Waals surface area contributed by atoms with E-state index in [-0.39, 0.29) is 0 Å². The average molecular weight is 438 g/mol. The molecule has 3 rings (SSSR count). The molecule has 1 amide bonds. The first-order chi connectivity index (χ1) is 14.8. The third-order valence-electron chi connectivity index (χ3n) is 4.52. The second-order valence-corrected chi connectivity index (χ2v) is 8.80. The zero-order valence-electron chi connectivity index (χ0n) is 17.2. The molecule has 0 aliphatic rings. The number of hydrazone groups is 1. The second kappa shape index (κ2) is 9.90. The highest BCUT2D eigenvalue weighted by Gasteiger charge is 2.12. The molecule has 160 valence electrons. The molecular formula is C23H23N3O4S. The van der Waals surface area contributed by atoms with E-state index in [1.807, 2.05) is 54.6 Å². The molecule has 0 saturated carbocycles. The number of sulfonamides is 1. The molecule has 3 aromatic rings. The van der Waals surface area contributed by atoms with Gasteiger partial charge in [0.2, 0.25) is 10.0 Å². The van der Waals surface area contributed by atoms with Gasteiger partial charge in [-0.3, -0.25) is 9.10 Å². The first kappa shape index (κ1) is 22.0. The molecule has 0 aliphatic heterocycles. The lowest BCUT2D eigenvalue weighted by atomic mass is 10.2. The van der Waals surface area contributed by atoms with Gasteiger partial charge in [-0.05, 0) is 42.0 Å². The van der Waals surface area contributed by atoms with Gasteiger partial charge in [0.1, 0.15) is 12.4 Å². The molecule has 0 aliphatic carbocycles. The molecule has 1 N–H and O–H groups in total. The lowest BCUT2D eigenvalue weighted by Crippen LogP contribution is -2.25. The predicted molar refractivity (Wildman–Crippen MR) is 122 cm³/mol. The third kappa shape index (κ3) is 6.16. The van der Waals surface area contributed by atoms with Crippen LogP contribution in [0, 0.1) is 0 Å². The third-order valence-corrected chi connectivity index (χ3v) is 5.72. The highest BCUT2D eigenvalue weighted by atomic mass is 32.2. The van der Waals surface area contributed by atoms with Gasteiger partial charge in [0, 0.05) is 18.2 Å². The Bertz CT molecular complexity index is 1160. The zero-order chi connectivity index (χ0) is 22.3. The lowest BCUT2D eigenvalue weighted by molar-refractivity contribution is 0.0955. The molecule has 3 aromatic carbocycles. The monoisotopic (exact) mass is 437 g/mol. The largest absolute Gasteiger partial charge is 0.488 e. The van der Waals surface area contributed by atoms with Crippen molar-refractivity contribution in [3.63, 3.8) is 0 Å². The minimum Gasteiger partial charge on any atom is -0.488 e. The molecule has 0 spiro atoms. The van der Waals surface area contributed by atoms with Crippen LogP contribution in [0.2, 0.25) is 0 Å². The van der Waals surface area contributed by atoms with E-state index in [2.05, 4.69) is 10.5 Å². The number of nitrogens with zero attached hydrogens (tertiary/aromatic N) is 2. The molecule has 0 atom stereocenters. The smallest absolute Gasteiger partial charge is 0.271 e. The number of anilines is 1. The first-order valence-corrected chi connectivity index (χ1v) is 11.3. The van der Waals surface area contributed by atoms with Crippen LogP contribution in [-0.2, 0) is 16.6 Å². The Morgan fingerprint density at radius 3 is 2.32 bits per heavy atom. The van der Waals surface area contributed by atoms with E-state index in [4.69, 9.17) is 4.74 Å². The number of hydrogen-bond donors (Lipinski definition) is 1. The Labute approximate surface area is 182 Å². The summed E-state index contributed by atoms with van der Waals surface area (Å²) < 4.78 is 30.2. The number of carbonyl (C=O) groups is 1. The summed E-state index contributed by atoms with van der Waals surface area (Å²) in [5.41, 5.74) is 5.07. The predicted octanol–water partition coefficient (Wildman–Crippen LogP) is 3.43. The minimum atomic E-state index is -3.36. The molecule has 0 bridgehead atoms. The molecule has 0 aromatic heterocycles. The van der Waals surface area contributed by atoms with Crippen molar-refractivity contribution in [2.45, 2.75) is 6.61 Å². The average Bonchev–Trinajstić information content (AvgIpc) is 2.78. The minimum absolute atomic E-state index is 0.358. The molecule has 0 heterocycles. The number of nitrogens with one attached hydrogen (secondary N) is 1. The maximum atomic E-state index is 12.3. The lowest BCUT2D eigenvalue weighted by Gasteiger charge is -2.16. The van der Waals surface area contributed by atoms with E-state index in [1.54, 1.807) is 24.3 Å². The van der Waals surface area contributed by atoms with Gasteiger partial charge in [-0.25, -0.2) is 13.8 Å². The normalized spacial score (nSPS) is 11.3. The molecule has 0 unspecified atom stereocenters. The summed E-state index contributed by atoms with van der Waals surface area (Å²) in [5, 5.41) is 4.02. The van der Waals surface area contributed by atoms with Crippen LogP contribution in [0.4, 0.5) is 5.69 Å². The van der Waals surface area contributed by atoms with Gasteiger partial charge in [0.15, 0.2) is 0 Å². The topological polar surface area (TPSA) is 88.1 Å². The zero-order valence-corrected chi connectivity index (χ0v) is 18.0. The van der Waals surface area contributed by atoms with Crippen molar-refractivity contribution in [1.82, 2.24) is 5.43 Å². The molecule has 0 fully saturated rings. The summed E-state index contributed by atoms with van der Waals surface area (Å²) >= 11 is 0. The van der Waals surface area contributed by atoms with Crippen molar-refractivity contribution in [2.24, 2.45) is 5.10 Å². The summed E-state index contributed by atoms with van der Waals surface area (Å²) in [6.45, 7) is 0.423. The van der Waals surface area contributed by atoms with E-state index in [9.17, 15) is 13.2 Å². The Morgan fingerprint density at radius 1 is 1.00 bits per heavy atom. The quantitative estimate of drug-likeness (QED) is 0.432. The van der Waals surface area contributed by atoms with Crippen molar-refractivity contribution < 1.29 is 17.9 Å². The summed E-state index contributed by atoms with van der Waals surface area (Å²) in [6, 6.07) is 23.4. The summed E-state index contributed by atoms with van der Waals surface area (Å²) in [4.78, 5) is 12.3. The molecular weight excluding hydrogens is 414 g/mol. The number of hydrogen-bond acceptors (Lipinski definition) is 5. The van der Waals surface area contributed by atoms with Crippen molar-refractivity contribution >= 4 is 27.8 Å². The van der Waals surface area contributed by atoms with Crippen LogP contribution in [-0.4, -0.2) is 33.8 Å². The molecule has 7 nitrogen and oxygen atoms in total. The Morgan fingerprint density at radius 2 is 1.65 bits per heavy atom. The highest BCUT2D eigenvalue weighted by molar-refractivity contribution is 7.92. The molecule has 31 heavy (non-hydrogen) atoms. The van der Waals surface area contributed by atoms with Gasteiger partial charge >= 0.3 is 0 Å². The van der Waals surface area contributed by atoms with Crippen LogP contribution in [0.15, 0.2) is 84.0 Å². The Hall–Kier alpha value is -3.65. The molecule has 8 heteroatoms. The number of para-hydroxylation sites is 1. The van der Waals surface area contributed by atoms with Crippen molar-refractivity contribution in [3.05, 3.63) is 95.6 Å². The van der Waals surface area contributed by atoms with Gasteiger partial charge in [-0.1, -0.05) is 42.5 Å². The number of benzene rings is 3. The number of rotatable bonds is 8. The van der Waals surface area contributed by atoms with Crippen molar-refractivity contribution in [2.75, 3.05) is 17.6 Å². The summed E-state index contributed by atoms with van der Waals surface area (Å²) in [5.74, 6) is 0.241. The molecule has 0 saturated heterocycles. The van der Waals surface area contributed by atoms with Gasteiger partial charge in [-0.2, -0.15) is 5.10 Å². The van der Waals surface area contributed by atoms with Crippen molar-refractivity contribution in [3.8, 4) is 5.75 Å². The van der Waals surface area contributed by atoms with Crippen LogP contribution < -0.4 is 14.5 Å². The van der Waals surface area contributed by atoms with Gasteiger partial charge < -0.3 is 4.74 Å². The van der Waals surface area contributed by atoms with Gasteiger partial charge in [-0.15, -0.1) is 0 Å². The fourth-order valence-electron chi connectivity index (χ4n) is 2.69. The Balaban J connectivity index is 1.62. The Kier molecular flexibility index (Phi) is 7.04. The van der Waals surface area contributed by atoms with Crippen LogP contribution in [0.3, 0.4) is 0 Å². The van der Waals surface area contributed by atoms with E-state index >= 15 is 0 Å². The van der Waals surface area contributed by atoms with Crippen LogP contribution in [0.1, 0.15) is 21.5 Å². The fourth-order valence-corrected chi connectivity index (χ4v) is 3.20. The number of ether oxygens (including phenoxy) is 1. The van der Waals surface area contributed by atoms with E-state index < -0.39 is 15.9 Å². The van der Waals surface area contributed by atoms with Gasteiger partial charge in [0.05, 0.1) is 18.2 Å². The van der Waals surface area contributed by atoms with Crippen molar-refractivity contribution in [1.29, 1.82) is 0 Å². The first-order valence-electron chi connectivity index (χ1n) is 9.48. The SMILES string of the molecule is CN(c1ccc(C(=O)N/N=C\c2ccccc2OCc2ccccc2)cc1)S(C)(=O)=O. The van der Waals surface area contributed by atoms with E-state index in [1.165, 1.54) is 13.3 Å². The number of carbonyl (C=O) groups excluding carboxylic acids is 1. The number of amides is 1. The van der Waals surface area contributed by atoms with Crippen LogP contribution in [0.25, 0.3) is 0 Å². The van der Waals surface area contributed by atoms with E-state index in [0.29, 0.717) is 23.6 Å². The maximum Gasteiger partial charge on any atom is 0.271 e. The second-order valence-electron chi connectivity index (χ2n) is 6.79.